The highest BCUT2D eigenvalue weighted by Gasteiger charge is 2.21. The minimum Gasteiger partial charge on any atom is -0.710 e. The number of unbranched alkanes of at least 4 members (excludes halogenated alkanes) is 1. The standard InChI is InChI=1S/C22H25N5O/c1-2-3-11-19-25-20-21(17-9-4-5-10-18(17)27(28)22(20)24)26(19)14-16-8-6-7-15(12-16)13-23/h4-10,12H,2-3,11,13-14,23-24H2,1H3. The number of fused-ring (bicyclic) bond motifs is 3. The Morgan fingerprint density at radius 2 is 1.89 bits per heavy atom. The SMILES string of the molecule is CCCCc1nc2c(N)[n+]([O-])c3ccccc3c2n1Cc1cccc(CN)c1. The molecule has 0 aliphatic rings. The number of hydrogen-bond donors (Lipinski definition) is 2. The lowest BCUT2D eigenvalue weighted by Crippen LogP contribution is -2.31. The van der Waals surface area contributed by atoms with Crippen LogP contribution < -0.4 is 16.2 Å². The molecule has 2 heterocycles. The van der Waals surface area contributed by atoms with Gasteiger partial charge in [0.2, 0.25) is 0 Å². The van der Waals surface area contributed by atoms with Gasteiger partial charge in [0, 0.05) is 24.9 Å². The van der Waals surface area contributed by atoms with E-state index in [0.29, 0.717) is 24.1 Å². The van der Waals surface area contributed by atoms with Crippen molar-refractivity contribution in [3.05, 3.63) is 70.7 Å². The van der Waals surface area contributed by atoms with Crippen LogP contribution in [0.25, 0.3) is 21.9 Å². The molecule has 4 aromatic rings. The van der Waals surface area contributed by atoms with Gasteiger partial charge in [-0.3, -0.25) is 5.73 Å². The molecule has 0 unspecified atom stereocenters. The molecule has 28 heavy (non-hydrogen) atoms. The second-order valence-corrected chi connectivity index (χ2v) is 7.14. The van der Waals surface area contributed by atoms with Crippen molar-refractivity contribution in [3.63, 3.8) is 0 Å². The van der Waals surface area contributed by atoms with Gasteiger partial charge in [-0.2, -0.15) is 0 Å². The van der Waals surface area contributed by atoms with Crippen LogP contribution >= 0.6 is 0 Å². The van der Waals surface area contributed by atoms with Crippen molar-refractivity contribution in [1.82, 2.24) is 9.55 Å². The number of imidazole rings is 1. The zero-order valence-corrected chi connectivity index (χ0v) is 16.1. The van der Waals surface area contributed by atoms with Crippen molar-refractivity contribution in [3.8, 4) is 0 Å². The zero-order valence-electron chi connectivity index (χ0n) is 16.1. The Morgan fingerprint density at radius 1 is 1.11 bits per heavy atom. The molecule has 0 fully saturated rings. The molecule has 0 saturated heterocycles. The van der Waals surface area contributed by atoms with E-state index in [9.17, 15) is 5.21 Å². The number of benzene rings is 2. The molecule has 6 nitrogen and oxygen atoms in total. The van der Waals surface area contributed by atoms with Crippen LogP contribution in [0.5, 0.6) is 0 Å². The first kappa shape index (κ1) is 18.3. The summed E-state index contributed by atoms with van der Waals surface area (Å²) < 4.78 is 2.99. The second kappa shape index (κ2) is 7.48. The van der Waals surface area contributed by atoms with E-state index in [0.717, 1.165) is 51.8 Å². The summed E-state index contributed by atoms with van der Waals surface area (Å²) in [5.74, 6) is 1.11. The molecular formula is C22H25N5O. The number of aryl methyl sites for hydroxylation is 1. The Bertz CT molecular complexity index is 1150. The maximum atomic E-state index is 12.6. The fraction of sp³-hybridized carbons (Fsp3) is 0.273. The summed E-state index contributed by atoms with van der Waals surface area (Å²) in [5.41, 5.74) is 16.3. The van der Waals surface area contributed by atoms with Crippen LogP contribution in [-0.2, 0) is 19.5 Å². The van der Waals surface area contributed by atoms with E-state index in [1.165, 1.54) is 0 Å². The van der Waals surface area contributed by atoms with Crippen LogP contribution in [0.3, 0.4) is 0 Å². The number of nitrogens with two attached hydrogens (primary N) is 2. The number of nitrogen functional groups attached to an aromatic ring is 1. The van der Waals surface area contributed by atoms with Crippen molar-refractivity contribution >= 4 is 27.8 Å². The van der Waals surface area contributed by atoms with Gasteiger partial charge in [0.15, 0.2) is 5.52 Å². The van der Waals surface area contributed by atoms with Gasteiger partial charge in [0.05, 0.1) is 5.52 Å². The van der Waals surface area contributed by atoms with E-state index in [-0.39, 0.29) is 5.82 Å². The molecule has 0 amide bonds. The lowest BCUT2D eigenvalue weighted by molar-refractivity contribution is -0.559. The molecule has 0 aliphatic carbocycles. The number of para-hydroxylation sites is 1. The van der Waals surface area contributed by atoms with Gasteiger partial charge in [-0.15, -0.1) is 0 Å². The van der Waals surface area contributed by atoms with Crippen LogP contribution in [0.1, 0.15) is 36.7 Å². The molecule has 0 saturated carbocycles. The van der Waals surface area contributed by atoms with Gasteiger partial charge in [-0.1, -0.05) is 49.7 Å². The third-order valence-corrected chi connectivity index (χ3v) is 5.21. The van der Waals surface area contributed by atoms with E-state index in [1.807, 2.05) is 30.3 Å². The van der Waals surface area contributed by atoms with Crippen LogP contribution in [0.15, 0.2) is 48.5 Å². The van der Waals surface area contributed by atoms with Crippen LogP contribution in [0.4, 0.5) is 5.82 Å². The first-order valence-electron chi connectivity index (χ1n) is 9.70. The highest BCUT2D eigenvalue weighted by molar-refractivity contribution is 6.04. The number of pyridine rings is 1. The molecule has 0 aliphatic heterocycles. The van der Waals surface area contributed by atoms with E-state index in [1.54, 1.807) is 6.07 Å². The molecule has 4 rings (SSSR count). The van der Waals surface area contributed by atoms with Crippen LogP contribution in [0, 0.1) is 5.21 Å². The number of nitrogens with zero attached hydrogens (tertiary/aromatic N) is 3. The van der Waals surface area contributed by atoms with Crippen LogP contribution in [-0.4, -0.2) is 9.55 Å². The summed E-state index contributed by atoms with van der Waals surface area (Å²) in [7, 11) is 0. The molecule has 0 atom stereocenters. The molecule has 0 bridgehead atoms. The van der Waals surface area contributed by atoms with Gasteiger partial charge >= 0.3 is 5.82 Å². The number of hydrogen-bond acceptors (Lipinski definition) is 4. The molecule has 2 aromatic heterocycles. The monoisotopic (exact) mass is 375 g/mol. The Kier molecular flexibility index (Phi) is 4.88. The summed E-state index contributed by atoms with van der Waals surface area (Å²) in [6, 6.07) is 15.8. The van der Waals surface area contributed by atoms with Gasteiger partial charge in [0.25, 0.3) is 0 Å². The molecule has 6 heteroatoms. The average Bonchev–Trinajstić information content (AvgIpc) is 3.09. The minimum atomic E-state index is 0.154. The summed E-state index contributed by atoms with van der Waals surface area (Å²) in [6.07, 6.45) is 2.94. The van der Waals surface area contributed by atoms with E-state index >= 15 is 0 Å². The molecule has 0 radical (unpaired) electrons. The lowest BCUT2D eigenvalue weighted by Gasteiger charge is -2.13. The maximum absolute atomic E-state index is 12.6. The fourth-order valence-electron chi connectivity index (χ4n) is 3.76. The highest BCUT2D eigenvalue weighted by atomic mass is 16.5. The van der Waals surface area contributed by atoms with E-state index in [2.05, 4.69) is 23.6 Å². The quantitative estimate of drug-likeness (QED) is 0.399. The normalized spacial score (nSPS) is 11.5. The molecule has 0 spiro atoms. The van der Waals surface area contributed by atoms with Crippen molar-refractivity contribution in [1.29, 1.82) is 0 Å². The largest absolute Gasteiger partial charge is 0.710 e. The van der Waals surface area contributed by atoms with Gasteiger partial charge in [0.1, 0.15) is 11.3 Å². The van der Waals surface area contributed by atoms with E-state index < -0.39 is 0 Å². The number of aromatic nitrogens is 3. The van der Waals surface area contributed by atoms with Crippen LogP contribution in [0.2, 0.25) is 0 Å². The zero-order chi connectivity index (χ0) is 19.7. The first-order chi connectivity index (χ1) is 13.6. The summed E-state index contributed by atoms with van der Waals surface area (Å²) in [5, 5.41) is 13.5. The Hall–Kier alpha value is -3.12. The summed E-state index contributed by atoms with van der Waals surface area (Å²) in [6.45, 7) is 3.33. The van der Waals surface area contributed by atoms with Gasteiger partial charge < -0.3 is 15.5 Å². The Morgan fingerprint density at radius 3 is 2.68 bits per heavy atom. The number of anilines is 1. The maximum Gasteiger partial charge on any atom is 0.304 e. The lowest BCUT2D eigenvalue weighted by atomic mass is 10.1. The minimum absolute atomic E-state index is 0.154. The second-order valence-electron chi connectivity index (χ2n) is 7.14. The predicted octanol–water partition coefficient (Wildman–Crippen LogP) is 3.25. The Labute approximate surface area is 164 Å². The third kappa shape index (κ3) is 3.05. The topological polar surface area (TPSA) is 96.8 Å². The molecule has 2 aromatic carbocycles. The molecule has 144 valence electrons. The van der Waals surface area contributed by atoms with Crippen molar-refractivity contribution < 1.29 is 4.73 Å². The fourth-order valence-corrected chi connectivity index (χ4v) is 3.76. The summed E-state index contributed by atoms with van der Waals surface area (Å²) >= 11 is 0. The van der Waals surface area contributed by atoms with Crippen molar-refractivity contribution in [2.45, 2.75) is 39.3 Å². The molecular weight excluding hydrogens is 350 g/mol. The predicted molar refractivity (Wildman–Crippen MR) is 113 cm³/mol. The summed E-state index contributed by atoms with van der Waals surface area (Å²) in [4.78, 5) is 4.79. The molecule has 4 N–H and O–H groups in total. The Balaban J connectivity index is 1.98. The van der Waals surface area contributed by atoms with E-state index in [4.69, 9.17) is 16.5 Å². The smallest absolute Gasteiger partial charge is 0.304 e. The number of rotatable bonds is 6. The average molecular weight is 375 g/mol. The first-order valence-corrected chi connectivity index (χ1v) is 9.70. The third-order valence-electron chi connectivity index (χ3n) is 5.21. The van der Waals surface area contributed by atoms with Crippen molar-refractivity contribution in [2.24, 2.45) is 5.73 Å². The van der Waals surface area contributed by atoms with Gasteiger partial charge in [-0.05, 0) is 29.7 Å². The highest BCUT2D eigenvalue weighted by Crippen LogP contribution is 2.29. The van der Waals surface area contributed by atoms with Gasteiger partial charge in [-0.25, -0.2) is 9.71 Å². The van der Waals surface area contributed by atoms with Crippen molar-refractivity contribution in [2.75, 3.05) is 5.73 Å².